The molecule has 7 nitrogen and oxygen atoms in total. The average molecular weight is 452 g/mol. The average Bonchev–Trinajstić information content (AvgIpc) is 2.54. The van der Waals surface area contributed by atoms with Crippen molar-refractivity contribution in [1.29, 1.82) is 0 Å². The topological polar surface area (TPSA) is 112 Å². The van der Waals surface area contributed by atoms with Crippen molar-refractivity contribution in [3.63, 3.8) is 0 Å². The van der Waals surface area contributed by atoms with Crippen LogP contribution in [0.5, 0.6) is 0 Å². The van der Waals surface area contributed by atoms with Crippen LogP contribution >= 0.6 is 0 Å². The van der Waals surface area contributed by atoms with Gasteiger partial charge in [0.15, 0.2) is 0 Å². The summed E-state index contributed by atoms with van der Waals surface area (Å²) < 4.78 is 68.1. The molecule has 0 spiro atoms. The van der Waals surface area contributed by atoms with E-state index >= 15 is 0 Å². The zero-order valence-electron chi connectivity index (χ0n) is 16.9. The molecule has 11 heteroatoms. The summed E-state index contributed by atoms with van der Waals surface area (Å²) in [5.41, 5.74) is -1.46. The highest BCUT2D eigenvalue weighted by atomic mass is 32.2. The molecular weight excluding hydrogens is 423 g/mol. The molecule has 170 valence electrons. The maximum absolute atomic E-state index is 13.2. The number of halogens is 3. The first kappa shape index (κ1) is 23.2. The number of nitrogens with one attached hydrogen (secondary N) is 2. The maximum atomic E-state index is 13.2. The quantitative estimate of drug-likeness (QED) is 0.529. The molecule has 0 radical (unpaired) electrons. The van der Waals surface area contributed by atoms with Gasteiger partial charge in [-0.15, -0.1) is 0 Å². The Balaban J connectivity index is 1.86. The number of aromatic nitrogens is 1. The second-order valence-electron chi connectivity index (χ2n) is 9.22. The third-order valence-electron chi connectivity index (χ3n) is 5.70. The summed E-state index contributed by atoms with van der Waals surface area (Å²) in [5, 5.41) is 22.3. The first-order chi connectivity index (χ1) is 13.7. The molecule has 30 heavy (non-hydrogen) atoms. The molecule has 0 unspecified atom stereocenters. The molecule has 2 saturated carbocycles. The van der Waals surface area contributed by atoms with Gasteiger partial charge in [0.2, 0.25) is 10.0 Å². The Morgan fingerprint density at radius 3 is 2.40 bits per heavy atom. The van der Waals surface area contributed by atoms with Gasteiger partial charge in [0.25, 0.3) is 0 Å². The van der Waals surface area contributed by atoms with Gasteiger partial charge < -0.3 is 15.5 Å². The fourth-order valence-electron chi connectivity index (χ4n) is 4.30. The summed E-state index contributed by atoms with van der Waals surface area (Å²) in [6.07, 6.45) is -2.97. The summed E-state index contributed by atoms with van der Waals surface area (Å²) in [6.45, 7) is 4.11. The van der Waals surface area contributed by atoms with E-state index in [4.69, 9.17) is 0 Å². The summed E-state index contributed by atoms with van der Waals surface area (Å²) >= 11 is 0. The molecule has 3 rings (SSSR count). The molecule has 2 atom stereocenters. The Labute approximate surface area is 174 Å². The lowest BCUT2D eigenvalue weighted by Gasteiger charge is -2.38. The number of aliphatic hydroxyl groups is 2. The van der Waals surface area contributed by atoms with E-state index in [9.17, 15) is 31.8 Å². The summed E-state index contributed by atoms with van der Waals surface area (Å²) in [5.74, 6) is -0.0607. The lowest BCUT2D eigenvalue weighted by atomic mass is 9.74. The van der Waals surface area contributed by atoms with E-state index in [1.807, 2.05) is 13.8 Å². The molecule has 2 aliphatic carbocycles. The smallest absolute Gasteiger partial charge is 0.393 e. The third kappa shape index (κ3) is 5.63. The predicted octanol–water partition coefficient (Wildman–Crippen LogP) is 2.50. The van der Waals surface area contributed by atoms with Gasteiger partial charge >= 0.3 is 6.18 Å². The van der Waals surface area contributed by atoms with E-state index in [0.717, 1.165) is 0 Å². The fourth-order valence-corrected chi connectivity index (χ4v) is 5.71. The molecule has 0 saturated heterocycles. The zero-order chi connectivity index (χ0) is 22.3. The van der Waals surface area contributed by atoms with Crippen LogP contribution in [-0.4, -0.2) is 48.4 Å². The minimum absolute atomic E-state index is 0.0990. The molecule has 0 aliphatic heterocycles. The van der Waals surface area contributed by atoms with Gasteiger partial charge in [0.1, 0.15) is 10.7 Å². The van der Waals surface area contributed by atoms with Crippen LogP contribution in [0.25, 0.3) is 0 Å². The van der Waals surface area contributed by atoms with Gasteiger partial charge in [0, 0.05) is 18.8 Å². The number of alkyl halides is 3. The van der Waals surface area contributed by atoms with Crippen molar-refractivity contribution in [1.82, 2.24) is 9.71 Å². The van der Waals surface area contributed by atoms with Crippen LogP contribution in [0.1, 0.15) is 51.5 Å². The lowest BCUT2D eigenvalue weighted by Crippen LogP contribution is -2.45. The number of sulfonamides is 1. The third-order valence-corrected chi connectivity index (χ3v) is 7.24. The Kier molecular flexibility index (Phi) is 6.39. The van der Waals surface area contributed by atoms with E-state index in [-0.39, 0.29) is 23.6 Å². The van der Waals surface area contributed by atoms with Crippen molar-refractivity contribution in [2.24, 2.45) is 11.3 Å². The van der Waals surface area contributed by atoms with Crippen molar-refractivity contribution < 1.29 is 31.8 Å². The predicted molar refractivity (Wildman–Crippen MR) is 104 cm³/mol. The summed E-state index contributed by atoms with van der Waals surface area (Å²) in [4.78, 5) is 3.16. The molecule has 2 fully saturated rings. The molecule has 0 bridgehead atoms. The normalized spacial score (nSPS) is 29.3. The van der Waals surface area contributed by atoms with Crippen LogP contribution < -0.4 is 10.0 Å². The van der Waals surface area contributed by atoms with Gasteiger partial charge in [-0.1, -0.05) is 13.8 Å². The van der Waals surface area contributed by atoms with E-state index in [1.165, 1.54) is 0 Å². The standard InChI is InChI=1S/C19H28F3N3O4S/c1-18(2)7-13(6-15(27)8-18)25-30(28,29)16-5-12(19(20,21)22)10-24-17(16)23-9-11-3-14(26)4-11/h5,10-11,13-15,25-27H,3-4,6-9H2,1-2H3,(H,23,24)/t11?,13-,14?,15+/m1/s1. The molecular formula is C19H28F3N3O4S. The summed E-state index contributed by atoms with van der Waals surface area (Å²) in [7, 11) is -4.33. The van der Waals surface area contributed by atoms with E-state index in [1.54, 1.807) is 0 Å². The summed E-state index contributed by atoms with van der Waals surface area (Å²) in [6, 6.07) is -0.0181. The number of anilines is 1. The van der Waals surface area contributed by atoms with Crippen LogP contribution in [0.4, 0.5) is 19.0 Å². The molecule has 1 aromatic rings. The number of pyridine rings is 1. The Bertz CT molecular complexity index is 870. The highest BCUT2D eigenvalue weighted by Crippen LogP contribution is 2.37. The van der Waals surface area contributed by atoms with E-state index < -0.39 is 44.9 Å². The molecule has 2 aliphatic rings. The number of hydrogen-bond donors (Lipinski definition) is 4. The van der Waals surface area contributed by atoms with Gasteiger partial charge in [-0.3, -0.25) is 0 Å². The van der Waals surface area contributed by atoms with Crippen LogP contribution in [0.2, 0.25) is 0 Å². The second kappa shape index (κ2) is 8.25. The van der Waals surface area contributed by atoms with Crippen molar-refractivity contribution in [3.05, 3.63) is 17.8 Å². The molecule has 4 N–H and O–H groups in total. The number of aliphatic hydroxyl groups excluding tert-OH is 2. The largest absolute Gasteiger partial charge is 0.417 e. The van der Waals surface area contributed by atoms with Gasteiger partial charge in [-0.05, 0) is 49.5 Å². The van der Waals surface area contributed by atoms with Crippen molar-refractivity contribution in [2.75, 3.05) is 11.9 Å². The van der Waals surface area contributed by atoms with Crippen LogP contribution in [0.15, 0.2) is 17.2 Å². The highest BCUT2D eigenvalue weighted by molar-refractivity contribution is 7.89. The van der Waals surface area contributed by atoms with E-state index in [2.05, 4.69) is 15.0 Å². The minimum atomic E-state index is -4.74. The SMILES string of the molecule is CC1(C)C[C@@H](O)C[C@@H](NS(=O)(=O)c2cc(C(F)(F)F)cnc2NCC2CC(O)C2)C1. The molecule has 1 aromatic heterocycles. The molecule has 0 aromatic carbocycles. The Morgan fingerprint density at radius 1 is 1.17 bits per heavy atom. The van der Waals surface area contributed by atoms with Gasteiger partial charge in [-0.2, -0.15) is 13.2 Å². The zero-order valence-corrected chi connectivity index (χ0v) is 17.7. The number of rotatable bonds is 6. The van der Waals surface area contributed by atoms with Crippen LogP contribution in [-0.2, 0) is 16.2 Å². The number of hydrogen-bond acceptors (Lipinski definition) is 6. The first-order valence-corrected chi connectivity index (χ1v) is 11.4. The molecule has 1 heterocycles. The van der Waals surface area contributed by atoms with Crippen LogP contribution in [0, 0.1) is 11.3 Å². The second-order valence-corrected chi connectivity index (χ2v) is 10.9. The van der Waals surface area contributed by atoms with Crippen molar-refractivity contribution in [2.45, 2.75) is 75.3 Å². The van der Waals surface area contributed by atoms with Gasteiger partial charge in [-0.25, -0.2) is 18.1 Å². The fraction of sp³-hybridized carbons (Fsp3) is 0.737. The van der Waals surface area contributed by atoms with Crippen molar-refractivity contribution in [3.8, 4) is 0 Å². The van der Waals surface area contributed by atoms with Crippen molar-refractivity contribution >= 4 is 15.8 Å². The maximum Gasteiger partial charge on any atom is 0.417 e. The van der Waals surface area contributed by atoms with E-state index in [0.29, 0.717) is 44.5 Å². The monoisotopic (exact) mass is 451 g/mol. The van der Waals surface area contributed by atoms with Gasteiger partial charge in [0.05, 0.1) is 17.8 Å². The highest BCUT2D eigenvalue weighted by Gasteiger charge is 2.38. The first-order valence-electron chi connectivity index (χ1n) is 9.95. The molecule has 0 amide bonds. The Hall–Kier alpha value is -1.43. The Morgan fingerprint density at radius 2 is 1.83 bits per heavy atom. The number of nitrogens with zero attached hydrogens (tertiary/aromatic N) is 1. The lowest BCUT2D eigenvalue weighted by molar-refractivity contribution is -0.138. The van der Waals surface area contributed by atoms with Crippen LogP contribution in [0.3, 0.4) is 0 Å². The minimum Gasteiger partial charge on any atom is -0.393 e.